The number of hydrogen-bond donors (Lipinski definition) is 2. The van der Waals surface area contributed by atoms with Crippen LogP contribution in [0.1, 0.15) is 17.5 Å². The first kappa shape index (κ1) is 11.0. The molecule has 0 saturated carbocycles. The van der Waals surface area contributed by atoms with Crippen LogP contribution in [0.2, 0.25) is 5.02 Å². The van der Waals surface area contributed by atoms with Gasteiger partial charge < -0.3 is 5.11 Å². The minimum atomic E-state index is -0.873. The second-order valence-corrected chi connectivity index (χ2v) is 3.68. The number of rotatable bonds is 3. The van der Waals surface area contributed by atoms with Crippen molar-refractivity contribution < 1.29 is 9.50 Å². The van der Waals surface area contributed by atoms with Crippen molar-refractivity contribution in [1.29, 1.82) is 0 Å². The van der Waals surface area contributed by atoms with Gasteiger partial charge in [-0.05, 0) is 11.6 Å². The monoisotopic (exact) mass is 241 g/mol. The molecule has 1 aromatic heterocycles. The molecule has 1 unspecified atom stereocenters. The summed E-state index contributed by atoms with van der Waals surface area (Å²) >= 11 is 5.77. The maximum absolute atomic E-state index is 13.1. The number of aliphatic hydroxyl groups excluding tert-OH is 1. The molecule has 6 heteroatoms. The number of hydrogen-bond acceptors (Lipinski definition) is 3. The molecule has 0 fully saturated rings. The van der Waals surface area contributed by atoms with E-state index in [0.717, 1.165) is 0 Å². The van der Waals surface area contributed by atoms with E-state index in [0.29, 0.717) is 11.4 Å². The molecule has 4 nitrogen and oxygen atoms in total. The maximum atomic E-state index is 13.1. The fourth-order valence-electron chi connectivity index (χ4n) is 1.39. The Kier molecular flexibility index (Phi) is 3.17. The van der Waals surface area contributed by atoms with Crippen LogP contribution < -0.4 is 0 Å². The number of aromatic amines is 1. The summed E-state index contributed by atoms with van der Waals surface area (Å²) < 4.78 is 13.1. The number of aromatic nitrogens is 3. The van der Waals surface area contributed by atoms with Gasteiger partial charge in [-0.2, -0.15) is 5.10 Å². The van der Waals surface area contributed by atoms with Crippen molar-refractivity contribution in [2.24, 2.45) is 0 Å². The van der Waals surface area contributed by atoms with Crippen LogP contribution in [0.3, 0.4) is 0 Å². The zero-order valence-electron chi connectivity index (χ0n) is 8.19. The van der Waals surface area contributed by atoms with Crippen LogP contribution in [0, 0.1) is 5.82 Å². The second-order valence-electron chi connectivity index (χ2n) is 3.30. The third-order valence-corrected chi connectivity index (χ3v) is 2.62. The molecule has 16 heavy (non-hydrogen) atoms. The SMILES string of the molecule is OC(Cc1cccc(F)c1Cl)c1ncn[nH]1. The van der Waals surface area contributed by atoms with E-state index in [4.69, 9.17) is 11.6 Å². The Hall–Kier alpha value is -1.46. The van der Waals surface area contributed by atoms with Crippen LogP contribution in [0.15, 0.2) is 24.5 Å². The predicted molar refractivity (Wildman–Crippen MR) is 56.5 cm³/mol. The lowest BCUT2D eigenvalue weighted by Crippen LogP contribution is -2.05. The van der Waals surface area contributed by atoms with E-state index in [9.17, 15) is 9.50 Å². The molecule has 1 aromatic carbocycles. The maximum Gasteiger partial charge on any atom is 0.153 e. The molecular weight excluding hydrogens is 233 g/mol. The quantitative estimate of drug-likeness (QED) is 0.863. The zero-order chi connectivity index (χ0) is 11.5. The summed E-state index contributed by atoms with van der Waals surface area (Å²) in [6.07, 6.45) is 0.610. The number of H-pyrrole nitrogens is 1. The first-order valence-corrected chi connectivity index (χ1v) is 5.02. The van der Waals surface area contributed by atoms with Crippen molar-refractivity contribution in [3.05, 3.63) is 46.8 Å². The Balaban J connectivity index is 2.18. The summed E-state index contributed by atoms with van der Waals surface area (Å²) in [5.74, 6) is -0.163. The van der Waals surface area contributed by atoms with Crippen molar-refractivity contribution in [2.75, 3.05) is 0 Å². The van der Waals surface area contributed by atoms with Crippen LogP contribution in [0.4, 0.5) is 4.39 Å². The van der Waals surface area contributed by atoms with E-state index >= 15 is 0 Å². The molecule has 0 aliphatic heterocycles. The molecule has 0 radical (unpaired) electrons. The Morgan fingerprint density at radius 3 is 3.00 bits per heavy atom. The molecule has 0 spiro atoms. The van der Waals surface area contributed by atoms with Gasteiger partial charge in [-0.3, -0.25) is 5.10 Å². The number of benzene rings is 1. The molecule has 0 saturated heterocycles. The Morgan fingerprint density at radius 2 is 2.31 bits per heavy atom. The van der Waals surface area contributed by atoms with Gasteiger partial charge in [0.05, 0.1) is 5.02 Å². The van der Waals surface area contributed by atoms with E-state index in [1.807, 2.05) is 0 Å². The normalized spacial score (nSPS) is 12.7. The van der Waals surface area contributed by atoms with E-state index in [1.165, 1.54) is 12.4 Å². The summed E-state index contributed by atoms with van der Waals surface area (Å²) in [6.45, 7) is 0. The van der Waals surface area contributed by atoms with Crippen LogP contribution in [-0.2, 0) is 6.42 Å². The van der Waals surface area contributed by atoms with E-state index in [1.54, 1.807) is 12.1 Å². The van der Waals surface area contributed by atoms with Crippen molar-refractivity contribution in [1.82, 2.24) is 15.2 Å². The highest BCUT2D eigenvalue weighted by Crippen LogP contribution is 2.24. The van der Waals surface area contributed by atoms with Gasteiger partial charge >= 0.3 is 0 Å². The van der Waals surface area contributed by atoms with Crippen LogP contribution in [0.5, 0.6) is 0 Å². The lowest BCUT2D eigenvalue weighted by molar-refractivity contribution is 0.168. The summed E-state index contributed by atoms with van der Waals surface area (Å²) in [7, 11) is 0. The van der Waals surface area contributed by atoms with Crippen molar-refractivity contribution in [2.45, 2.75) is 12.5 Å². The average Bonchev–Trinajstić information content (AvgIpc) is 2.78. The van der Waals surface area contributed by atoms with Crippen molar-refractivity contribution >= 4 is 11.6 Å². The van der Waals surface area contributed by atoms with Crippen LogP contribution >= 0.6 is 11.6 Å². The summed E-state index contributed by atoms with van der Waals surface area (Å²) in [5, 5.41) is 16.0. The Labute approximate surface area is 96.1 Å². The van der Waals surface area contributed by atoms with Crippen LogP contribution in [0.25, 0.3) is 0 Å². The van der Waals surface area contributed by atoms with Gasteiger partial charge in [-0.1, -0.05) is 23.7 Å². The molecule has 2 rings (SSSR count). The summed E-state index contributed by atoms with van der Waals surface area (Å²) in [4.78, 5) is 3.81. The fourth-order valence-corrected chi connectivity index (χ4v) is 1.59. The molecule has 2 aromatic rings. The molecule has 0 aliphatic carbocycles. The Bertz CT molecular complexity index is 475. The number of aliphatic hydroxyl groups is 1. The smallest absolute Gasteiger partial charge is 0.153 e. The minimum absolute atomic E-state index is 0.0288. The fraction of sp³-hybridized carbons (Fsp3) is 0.200. The minimum Gasteiger partial charge on any atom is -0.385 e. The largest absolute Gasteiger partial charge is 0.385 e. The molecule has 1 atom stereocenters. The van der Waals surface area contributed by atoms with Crippen molar-refractivity contribution in [3.63, 3.8) is 0 Å². The topological polar surface area (TPSA) is 61.8 Å². The number of halogens is 2. The predicted octanol–water partition coefficient (Wildman–Crippen LogP) is 1.87. The second kappa shape index (κ2) is 4.59. The third-order valence-electron chi connectivity index (χ3n) is 2.19. The van der Waals surface area contributed by atoms with Gasteiger partial charge in [-0.25, -0.2) is 9.37 Å². The molecule has 1 heterocycles. The zero-order valence-corrected chi connectivity index (χ0v) is 8.95. The van der Waals surface area contributed by atoms with E-state index in [2.05, 4.69) is 15.2 Å². The highest BCUT2D eigenvalue weighted by atomic mass is 35.5. The standard InChI is InChI=1S/C10H9ClFN3O/c11-9-6(2-1-3-7(9)12)4-8(16)10-13-5-14-15-10/h1-3,5,8,16H,4H2,(H,13,14,15). The molecule has 84 valence electrons. The molecule has 0 aliphatic rings. The number of nitrogens with one attached hydrogen (secondary N) is 1. The highest BCUT2D eigenvalue weighted by Gasteiger charge is 2.14. The third kappa shape index (κ3) is 2.20. The number of nitrogens with zero attached hydrogens (tertiary/aromatic N) is 2. The van der Waals surface area contributed by atoms with Gasteiger partial charge in [0.25, 0.3) is 0 Å². The molecule has 0 amide bonds. The Morgan fingerprint density at radius 1 is 1.50 bits per heavy atom. The summed E-state index contributed by atoms with van der Waals surface area (Å²) in [6, 6.07) is 4.47. The van der Waals surface area contributed by atoms with Gasteiger partial charge in [-0.15, -0.1) is 0 Å². The lowest BCUT2D eigenvalue weighted by atomic mass is 10.1. The molecular formula is C10H9ClFN3O. The van der Waals surface area contributed by atoms with Crippen LogP contribution in [-0.4, -0.2) is 20.3 Å². The van der Waals surface area contributed by atoms with Gasteiger partial charge in [0.1, 0.15) is 18.2 Å². The first-order valence-electron chi connectivity index (χ1n) is 4.64. The summed E-state index contributed by atoms with van der Waals surface area (Å²) in [5.41, 5.74) is 0.533. The van der Waals surface area contributed by atoms with Gasteiger partial charge in [0.2, 0.25) is 0 Å². The van der Waals surface area contributed by atoms with E-state index < -0.39 is 11.9 Å². The first-order chi connectivity index (χ1) is 7.68. The highest BCUT2D eigenvalue weighted by molar-refractivity contribution is 6.31. The van der Waals surface area contributed by atoms with Gasteiger partial charge in [0, 0.05) is 6.42 Å². The average molecular weight is 242 g/mol. The lowest BCUT2D eigenvalue weighted by Gasteiger charge is -2.09. The van der Waals surface area contributed by atoms with Crippen molar-refractivity contribution in [3.8, 4) is 0 Å². The molecule has 0 bridgehead atoms. The molecule has 2 N–H and O–H groups in total. The van der Waals surface area contributed by atoms with Gasteiger partial charge in [0.15, 0.2) is 5.82 Å². The van der Waals surface area contributed by atoms with E-state index in [-0.39, 0.29) is 11.4 Å².